The summed E-state index contributed by atoms with van der Waals surface area (Å²) in [5, 5.41) is 3.15. The van der Waals surface area contributed by atoms with E-state index in [1.165, 1.54) is 4.90 Å². The summed E-state index contributed by atoms with van der Waals surface area (Å²) >= 11 is 0. The van der Waals surface area contributed by atoms with Crippen molar-refractivity contribution in [2.45, 2.75) is 13.5 Å². The molecule has 32 heavy (non-hydrogen) atoms. The highest BCUT2D eigenvalue weighted by molar-refractivity contribution is 6.36. The fraction of sp³-hybridized carbons (Fsp3) is 0.154. The summed E-state index contributed by atoms with van der Waals surface area (Å²) in [6, 6.07) is 22.1. The zero-order chi connectivity index (χ0) is 22.7. The van der Waals surface area contributed by atoms with Crippen LogP contribution < -0.4 is 14.8 Å². The number of methoxy groups -OCH3 is 2. The Balaban J connectivity index is 1.73. The Bertz CT molecular complexity index is 1180. The number of aryl methyl sites for hydroxylation is 1. The van der Waals surface area contributed by atoms with Gasteiger partial charge in [-0.25, -0.2) is 0 Å². The summed E-state index contributed by atoms with van der Waals surface area (Å²) < 4.78 is 10.5. The number of nitrogens with one attached hydrogen (secondary N) is 1. The Morgan fingerprint density at radius 2 is 1.50 bits per heavy atom. The van der Waals surface area contributed by atoms with E-state index in [0.717, 1.165) is 11.1 Å². The molecule has 0 aromatic heterocycles. The van der Waals surface area contributed by atoms with Crippen LogP contribution in [-0.4, -0.2) is 30.9 Å². The number of carbonyl (C=O) groups is 2. The van der Waals surface area contributed by atoms with Crippen molar-refractivity contribution in [2.75, 3.05) is 19.5 Å². The molecule has 0 radical (unpaired) electrons. The summed E-state index contributed by atoms with van der Waals surface area (Å²) in [6.45, 7) is 2.19. The molecule has 0 bridgehead atoms. The lowest BCUT2D eigenvalue weighted by molar-refractivity contribution is -0.137. The van der Waals surface area contributed by atoms with E-state index < -0.39 is 0 Å². The van der Waals surface area contributed by atoms with Crippen LogP contribution in [0, 0.1) is 6.92 Å². The minimum Gasteiger partial charge on any atom is -0.497 e. The van der Waals surface area contributed by atoms with Gasteiger partial charge in [0.15, 0.2) is 0 Å². The lowest BCUT2D eigenvalue weighted by Crippen LogP contribution is -2.32. The maximum atomic E-state index is 13.4. The quantitative estimate of drug-likeness (QED) is 0.565. The Hall–Kier alpha value is -4.06. The third-order valence-corrected chi connectivity index (χ3v) is 5.35. The van der Waals surface area contributed by atoms with Gasteiger partial charge in [0.05, 0.1) is 26.3 Å². The van der Waals surface area contributed by atoms with Crippen LogP contribution >= 0.6 is 0 Å². The Morgan fingerprint density at radius 3 is 2.16 bits per heavy atom. The second-order valence-electron chi connectivity index (χ2n) is 7.52. The number of benzene rings is 3. The second-order valence-corrected chi connectivity index (χ2v) is 7.52. The van der Waals surface area contributed by atoms with Crippen LogP contribution in [0.4, 0.5) is 5.69 Å². The average Bonchev–Trinajstić information content (AvgIpc) is 3.04. The highest BCUT2D eigenvalue weighted by Crippen LogP contribution is 2.33. The SMILES string of the molecule is COc1ccc(C2=C(Nc3cccc(OC)c3)C(=O)N(Cc3ccc(C)cc3)C2=O)cc1. The number of imide groups is 1. The summed E-state index contributed by atoms with van der Waals surface area (Å²) in [6.07, 6.45) is 0. The van der Waals surface area contributed by atoms with E-state index >= 15 is 0 Å². The Kier molecular flexibility index (Phi) is 5.94. The number of ether oxygens (including phenoxy) is 2. The number of hydrogen-bond donors (Lipinski definition) is 1. The van der Waals surface area contributed by atoms with Gasteiger partial charge in [-0.1, -0.05) is 48.0 Å². The molecule has 0 aliphatic carbocycles. The third kappa shape index (κ3) is 4.21. The van der Waals surface area contributed by atoms with Crippen molar-refractivity contribution < 1.29 is 19.1 Å². The predicted molar refractivity (Wildman–Crippen MR) is 123 cm³/mol. The van der Waals surface area contributed by atoms with E-state index in [0.29, 0.717) is 28.3 Å². The van der Waals surface area contributed by atoms with E-state index in [1.54, 1.807) is 44.6 Å². The predicted octanol–water partition coefficient (Wildman–Crippen LogP) is 4.40. The molecule has 0 saturated heterocycles. The van der Waals surface area contributed by atoms with Gasteiger partial charge in [-0.3, -0.25) is 14.5 Å². The number of rotatable bonds is 7. The van der Waals surface area contributed by atoms with Crippen molar-refractivity contribution in [3.63, 3.8) is 0 Å². The molecule has 2 amide bonds. The molecule has 3 aromatic carbocycles. The summed E-state index contributed by atoms with van der Waals surface area (Å²) in [5.41, 5.74) is 3.86. The van der Waals surface area contributed by atoms with Crippen LogP contribution in [0.3, 0.4) is 0 Å². The van der Waals surface area contributed by atoms with Gasteiger partial charge < -0.3 is 14.8 Å². The van der Waals surface area contributed by atoms with Crippen LogP contribution in [0.1, 0.15) is 16.7 Å². The fourth-order valence-corrected chi connectivity index (χ4v) is 3.58. The summed E-state index contributed by atoms with van der Waals surface area (Å²) in [7, 11) is 3.16. The Morgan fingerprint density at radius 1 is 0.812 bits per heavy atom. The van der Waals surface area contributed by atoms with Crippen molar-refractivity contribution in [3.8, 4) is 11.5 Å². The smallest absolute Gasteiger partial charge is 0.278 e. The first-order chi connectivity index (χ1) is 15.5. The molecule has 1 aliphatic heterocycles. The van der Waals surface area contributed by atoms with E-state index in [2.05, 4.69) is 5.32 Å². The van der Waals surface area contributed by atoms with Gasteiger partial charge in [-0.15, -0.1) is 0 Å². The zero-order valence-corrected chi connectivity index (χ0v) is 18.2. The van der Waals surface area contributed by atoms with Crippen molar-refractivity contribution in [1.82, 2.24) is 4.90 Å². The second kappa shape index (κ2) is 8.98. The summed E-state index contributed by atoms with van der Waals surface area (Å²) in [5.74, 6) is 0.607. The lowest BCUT2D eigenvalue weighted by atomic mass is 10.0. The molecular weight excluding hydrogens is 404 g/mol. The highest BCUT2D eigenvalue weighted by Gasteiger charge is 2.39. The van der Waals surface area contributed by atoms with Gasteiger partial charge in [-0.2, -0.15) is 0 Å². The van der Waals surface area contributed by atoms with E-state index in [4.69, 9.17) is 9.47 Å². The molecule has 3 aromatic rings. The zero-order valence-electron chi connectivity index (χ0n) is 18.2. The van der Waals surface area contributed by atoms with Gasteiger partial charge in [0.1, 0.15) is 17.2 Å². The van der Waals surface area contributed by atoms with Crippen molar-refractivity contribution in [3.05, 3.63) is 95.2 Å². The molecule has 4 rings (SSSR count). The average molecular weight is 428 g/mol. The molecule has 162 valence electrons. The Labute approximate surface area is 187 Å². The first kappa shape index (κ1) is 21.2. The van der Waals surface area contributed by atoms with Crippen LogP contribution in [0.2, 0.25) is 0 Å². The fourth-order valence-electron chi connectivity index (χ4n) is 3.58. The van der Waals surface area contributed by atoms with Gasteiger partial charge in [-0.05, 0) is 42.3 Å². The number of anilines is 1. The number of carbonyl (C=O) groups excluding carboxylic acids is 2. The van der Waals surface area contributed by atoms with Crippen molar-refractivity contribution in [2.24, 2.45) is 0 Å². The van der Waals surface area contributed by atoms with E-state index in [-0.39, 0.29) is 24.1 Å². The molecule has 1 N–H and O–H groups in total. The third-order valence-electron chi connectivity index (χ3n) is 5.35. The summed E-state index contributed by atoms with van der Waals surface area (Å²) in [4.78, 5) is 28.1. The van der Waals surface area contributed by atoms with Gasteiger partial charge in [0, 0.05) is 11.8 Å². The number of nitrogens with zero attached hydrogens (tertiary/aromatic N) is 1. The largest absolute Gasteiger partial charge is 0.497 e. The number of amides is 2. The van der Waals surface area contributed by atoms with Gasteiger partial charge >= 0.3 is 0 Å². The molecule has 0 atom stereocenters. The molecule has 0 spiro atoms. The first-order valence-electron chi connectivity index (χ1n) is 10.2. The molecule has 6 heteroatoms. The molecule has 1 aliphatic rings. The molecule has 0 fully saturated rings. The number of hydrogen-bond acceptors (Lipinski definition) is 5. The van der Waals surface area contributed by atoms with E-state index in [9.17, 15) is 9.59 Å². The van der Waals surface area contributed by atoms with Crippen LogP contribution in [0.15, 0.2) is 78.5 Å². The van der Waals surface area contributed by atoms with Crippen LogP contribution in [-0.2, 0) is 16.1 Å². The minimum absolute atomic E-state index is 0.195. The lowest BCUT2D eigenvalue weighted by Gasteiger charge is -2.16. The first-order valence-corrected chi connectivity index (χ1v) is 10.2. The minimum atomic E-state index is -0.371. The monoisotopic (exact) mass is 428 g/mol. The van der Waals surface area contributed by atoms with Crippen molar-refractivity contribution in [1.29, 1.82) is 0 Å². The highest BCUT2D eigenvalue weighted by atomic mass is 16.5. The molecule has 0 unspecified atom stereocenters. The van der Waals surface area contributed by atoms with E-state index in [1.807, 2.05) is 49.4 Å². The standard InChI is InChI=1S/C26H24N2O4/c1-17-7-9-18(10-8-17)16-28-25(29)23(19-11-13-21(31-2)14-12-19)24(26(28)30)27-20-5-4-6-22(15-20)32-3/h4-15,27H,16H2,1-3H3. The molecule has 1 heterocycles. The normalized spacial score (nSPS) is 13.5. The van der Waals surface area contributed by atoms with Crippen molar-refractivity contribution >= 4 is 23.1 Å². The molecule has 6 nitrogen and oxygen atoms in total. The van der Waals surface area contributed by atoms with Gasteiger partial charge in [0.25, 0.3) is 11.8 Å². The maximum absolute atomic E-state index is 13.4. The topological polar surface area (TPSA) is 67.9 Å². The molecular formula is C26H24N2O4. The van der Waals surface area contributed by atoms with Crippen LogP contribution in [0.25, 0.3) is 5.57 Å². The van der Waals surface area contributed by atoms with Gasteiger partial charge in [0.2, 0.25) is 0 Å². The molecule has 0 saturated carbocycles. The maximum Gasteiger partial charge on any atom is 0.278 e. The van der Waals surface area contributed by atoms with Crippen LogP contribution in [0.5, 0.6) is 11.5 Å².